The zero-order chi connectivity index (χ0) is 14.5. The van der Waals surface area contributed by atoms with Crippen LogP contribution in [0.1, 0.15) is 11.1 Å². The molecule has 0 heterocycles. The third-order valence-electron chi connectivity index (χ3n) is 2.73. The Morgan fingerprint density at radius 1 is 1.20 bits per heavy atom. The van der Waals surface area contributed by atoms with E-state index in [1.165, 1.54) is 18.2 Å². The number of nitrogen functional groups attached to an aromatic ring is 1. The van der Waals surface area contributed by atoms with Crippen LogP contribution in [0, 0.1) is 5.82 Å². The van der Waals surface area contributed by atoms with Crippen LogP contribution in [-0.2, 0) is 22.6 Å². The average Bonchev–Trinajstić information content (AvgIpc) is 2.40. The molecular formula is C15H13ClFNO2. The number of esters is 1. The Labute approximate surface area is 121 Å². The Kier molecular flexibility index (Phi) is 4.58. The van der Waals surface area contributed by atoms with Crippen molar-refractivity contribution >= 4 is 23.3 Å². The second kappa shape index (κ2) is 6.39. The molecular weight excluding hydrogens is 281 g/mol. The molecule has 0 fully saturated rings. The predicted octanol–water partition coefficient (Wildman–Crippen LogP) is 3.35. The molecule has 0 bridgehead atoms. The minimum absolute atomic E-state index is 0.0208. The fraction of sp³-hybridized carbons (Fsp3) is 0.133. The normalized spacial score (nSPS) is 10.3. The van der Waals surface area contributed by atoms with Gasteiger partial charge in [-0.1, -0.05) is 29.8 Å². The molecule has 0 atom stereocenters. The van der Waals surface area contributed by atoms with E-state index in [4.69, 9.17) is 22.1 Å². The summed E-state index contributed by atoms with van der Waals surface area (Å²) in [7, 11) is 0. The van der Waals surface area contributed by atoms with E-state index in [0.717, 1.165) is 5.56 Å². The Bertz CT molecular complexity index is 614. The van der Waals surface area contributed by atoms with Crippen molar-refractivity contribution in [2.75, 3.05) is 5.73 Å². The van der Waals surface area contributed by atoms with Gasteiger partial charge in [-0.25, -0.2) is 4.39 Å². The molecule has 2 rings (SSSR count). The van der Waals surface area contributed by atoms with Crippen molar-refractivity contribution in [1.82, 2.24) is 0 Å². The van der Waals surface area contributed by atoms with Crippen LogP contribution in [0.2, 0.25) is 5.02 Å². The van der Waals surface area contributed by atoms with Gasteiger partial charge in [-0.05, 0) is 29.8 Å². The largest absolute Gasteiger partial charge is 0.461 e. The summed E-state index contributed by atoms with van der Waals surface area (Å²) in [6.07, 6.45) is 0.152. The van der Waals surface area contributed by atoms with Gasteiger partial charge in [0.2, 0.25) is 0 Å². The van der Waals surface area contributed by atoms with Gasteiger partial charge in [0.05, 0.1) is 11.4 Å². The van der Waals surface area contributed by atoms with Crippen LogP contribution in [0.25, 0.3) is 0 Å². The van der Waals surface area contributed by atoms with Gasteiger partial charge in [0, 0.05) is 11.3 Å². The predicted molar refractivity (Wildman–Crippen MR) is 75.8 cm³/mol. The highest BCUT2D eigenvalue weighted by molar-refractivity contribution is 6.31. The van der Waals surface area contributed by atoms with E-state index in [2.05, 4.69) is 0 Å². The molecule has 104 valence electrons. The van der Waals surface area contributed by atoms with Gasteiger partial charge in [-0.2, -0.15) is 0 Å². The molecule has 2 aromatic rings. The van der Waals surface area contributed by atoms with Gasteiger partial charge in [0.1, 0.15) is 12.4 Å². The summed E-state index contributed by atoms with van der Waals surface area (Å²) in [6, 6.07) is 10.9. The monoisotopic (exact) mass is 293 g/mol. The molecule has 0 aromatic heterocycles. The lowest BCUT2D eigenvalue weighted by Crippen LogP contribution is -2.08. The summed E-state index contributed by atoms with van der Waals surface area (Å²) in [4.78, 5) is 11.7. The van der Waals surface area contributed by atoms with E-state index >= 15 is 0 Å². The second-order valence-electron chi connectivity index (χ2n) is 4.31. The minimum atomic E-state index is -0.424. The summed E-state index contributed by atoms with van der Waals surface area (Å²) in [5.41, 5.74) is 7.58. The third kappa shape index (κ3) is 3.96. The van der Waals surface area contributed by atoms with E-state index in [-0.39, 0.29) is 24.0 Å². The van der Waals surface area contributed by atoms with E-state index in [1.807, 2.05) is 0 Å². The van der Waals surface area contributed by atoms with Crippen LogP contribution in [0.4, 0.5) is 10.1 Å². The average molecular weight is 294 g/mol. The van der Waals surface area contributed by atoms with Crippen molar-refractivity contribution in [3.8, 4) is 0 Å². The van der Waals surface area contributed by atoms with Gasteiger partial charge >= 0.3 is 5.97 Å². The summed E-state index contributed by atoms with van der Waals surface area (Å²) >= 11 is 5.85. The van der Waals surface area contributed by atoms with Crippen molar-refractivity contribution in [3.05, 3.63) is 64.4 Å². The number of anilines is 1. The zero-order valence-electron chi connectivity index (χ0n) is 10.6. The van der Waals surface area contributed by atoms with E-state index in [1.54, 1.807) is 24.3 Å². The summed E-state index contributed by atoms with van der Waals surface area (Å²) in [5.74, 6) is -0.804. The van der Waals surface area contributed by atoms with Crippen molar-refractivity contribution in [1.29, 1.82) is 0 Å². The molecule has 0 aliphatic heterocycles. The minimum Gasteiger partial charge on any atom is -0.461 e. The molecule has 0 spiro atoms. The van der Waals surface area contributed by atoms with E-state index in [9.17, 15) is 9.18 Å². The molecule has 0 saturated heterocycles. The second-order valence-corrected chi connectivity index (χ2v) is 4.72. The number of benzene rings is 2. The third-order valence-corrected chi connectivity index (χ3v) is 3.08. The standard InChI is InChI=1S/C15H13ClFNO2/c16-14-8-12(17)4-3-11(14)9-20-15(19)7-10-1-5-13(18)6-2-10/h1-6,8H,7,9,18H2. The lowest BCUT2D eigenvalue weighted by Gasteiger charge is -2.07. The number of carbonyl (C=O) groups excluding carboxylic acids is 1. The first-order valence-corrected chi connectivity index (χ1v) is 6.36. The number of hydrogen-bond donors (Lipinski definition) is 1. The molecule has 0 aliphatic rings. The van der Waals surface area contributed by atoms with Gasteiger partial charge in [0.15, 0.2) is 0 Å². The van der Waals surface area contributed by atoms with Gasteiger partial charge < -0.3 is 10.5 Å². The molecule has 0 radical (unpaired) electrons. The van der Waals surface area contributed by atoms with Crippen LogP contribution in [-0.4, -0.2) is 5.97 Å². The molecule has 0 amide bonds. The molecule has 20 heavy (non-hydrogen) atoms. The van der Waals surface area contributed by atoms with Gasteiger partial charge in [-0.3, -0.25) is 4.79 Å². The van der Waals surface area contributed by atoms with Crippen molar-refractivity contribution in [2.24, 2.45) is 0 Å². The lowest BCUT2D eigenvalue weighted by atomic mass is 10.1. The number of ether oxygens (including phenoxy) is 1. The quantitative estimate of drug-likeness (QED) is 0.695. The van der Waals surface area contributed by atoms with E-state index < -0.39 is 5.82 Å². The van der Waals surface area contributed by atoms with Crippen LogP contribution in [0.3, 0.4) is 0 Å². The van der Waals surface area contributed by atoms with Crippen LogP contribution in [0.15, 0.2) is 42.5 Å². The first-order chi connectivity index (χ1) is 9.54. The number of rotatable bonds is 4. The van der Waals surface area contributed by atoms with Gasteiger partial charge in [0.25, 0.3) is 0 Å². The molecule has 0 aliphatic carbocycles. The maximum Gasteiger partial charge on any atom is 0.310 e. The first kappa shape index (κ1) is 14.3. The number of halogens is 2. The lowest BCUT2D eigenvalue weighted by molar-refractivity contribution is -0.144. The topological polar surface area (TPSA) is 52.3 Å². The molecule has 2 aromatic carbocycles. The van der Waals surface area contributed by atoms with Crippen molar-refractivity contribution in [3.63, 3.8) is 0 Å². The molecule has 3 nitrogen and oxygen atoms in total. The van der Waals surface area contributed by atoms with Crippen molar-refractivity contribution in [2.45, 2.75) is 13.0 Å². The summed E-state index contributed by atoms with van der Waals surface area (Å²) < 4.78 is 18.0. The number of hydrogen-bond acceptors (Lipinski definition) is 3. The molecule has 2 N–H and O–H groups in total. The van der Waals surface area contributed by atoms with E-state index in [0.29, 0.717) is 11.3 Å². The first-order valence-electron chi connectivity index (χ1n) is 5.98. The fourth-order valence-electron chi connectivity index (χ4n) is 1.65. The Balaban J connectivity index is 1.90. The maximum absolute atomic E-state index is 12.9. The number of nitrogens with two attached hydrogens (primary N) is 1. The molecule has 0 unspecified atom stereocenters. The zero-order valence-corrected chi connectivity index (χ0v) is 11.4. The van der Waals surface area contributed by atoms with Crippen LogP contribution < -0.4 is 5.73 Å². The van der Waals surface area contributed by atoms with Crippen molar-refractivity contribution < 1.29 is 13.9 Å². The smallest absolute Gasteiger partial charge is 0.310 e. The van der Waals surface area contributed by atoms with Crippen LogP contribution in [0.5, 0.6) is 0 Å². The summed E-state index contributed by atoms with van der Waals surface area (Å²) in [6.45, 7) is 0.0208. The highest BCUT2D eigenvalue weighted by atomic mass is 35.5. The molecule has 0 saturated carbocycles. The fourth-order valence-corrected chi connectivity index (χ4v) is 1.87. The SMILES string of the molecule is Nc1ccc(CC(=O)OCc2ccc(F)cc2Cl)cc1. The van der Waals surface area contributed by atoms with Crippen LogP contribution >= 0.6 is 11.6 Å². The Morgan fingerprint density at radius 2 is 1.90 bits per heavy atom. The highest BCUT2D eigenvalue weighted by Crippen LogP contribution is 2.18. The Hall–Kier alpha value is -2.07. The number of carbonyl (C=O) groups is 1. The Morgan fingerprint density at radius 3 is 2.55 bits per heavy atom. The highest BCUT2D eigenvalue weighted by Gasteiger charge is 2.08. The molecule has 5 heteroatoms. The maximum atomic E-state index is 12.9. The van der Waals surface area contributed by atoms with Gasteiger partial charge in [-0.15, -0.1) is 0 Å². The summed E-state index contributed by atoms with van der Waals surface area (Å²) in [5, 5.41) is 0.241.